The third-order valence-electron chi connectivity index (χ3n) is 3.11. The molecule has 0 amide bonds. The van der Waals surface area contributed by atoms with Crippen LogP contribution in [0.4, 0.5) is 0 Å². The van der Waals surface area contributed by atoms with Crippen LogP contribution in [0.3, 0.4) is 0 Å². The molecule has 4 nitrogen and oxygen atoms in total. The van der Waals surface area contributed by atoms with E-state index in [2.05, 4.69) is 9.97 Å². The van der Waals surface area contributed by atoms with Crippen LogP contribution in [0.2, 0.25) is 0 Å². The van der Waals surface area contributed by atoms with E-state index in [1.54, 1.807) is 0 Å². The normalized spacial score (nSPS) is 17.9. The Hall–Kier alpha value is -1.39. The van der Waals surface area contributed by atoms with E-state index in [-0.39, 0.29) is 6.54 Å². The molecule has 1 unspecified atom stereocenters. The highest BCUT2D eigenvalue weighted by Gasteiger charge is 2.27. The van der Waals surface area contributed by atoms with Gasteiger partial charge in [-0.1, -0.05) is 12.1 Å². The second-order valence-electron chi connectivity index (χ2n) is 4.39. The molecule has 1 heterocycles. The van der Waals surface area contributed by atoms with Gasteiger partial charge in [-0.15, -0.1) is 0 Å². The van der Waals surface area contributed by atoms with Gasteiger partial charge in [0.1, 0.15) is 5.82 Å². The number of hydrogen-bond acceptors (Lipinski definition) is 3. The molecule has 1 fully saturated rings. The molecule has 1 aromatic heterocycles. The fourth-order valence-electron chi connectivity index (χ4n) is 2.02. The molecule has 16 heavy (non-hydrogen) atoms. The van der Waals surface area contributed by atoms with Gasteiger partial charge >= 0.3 is 0 Å². The maximum Gasteiger partial charge on any atom is 0.110 e. The summed E-state index contributed by atoms with van der Waals surface area (Å²) in [6.07, 6.45) is 1.81. The summed E-state index contributed by atoms with van der Waals surface area (Å²) in [5.41, 5.74) is 8.16. The molecule has 1 aromatic carbocycles. The van der Waals surface area contributed by atoms with Gasteiger partial charge in [0, 0.05) is 18.0 Å². The molecule has 0 bridgehead atoms. The lowest BCUT2D eigenvalue weighted by Gasteiger charge is -2.07. The van der Waals surface area contributed by atoms with Gasteiger partial charge in [0.15, 0.2) is 0 Å². The van der Waals surface area contributed by atoms with Crippen molar-refractivity contribution >= 4 is 11.0 Å². The molecule has 2 aromatic rings. The van der Waals surface area contributed by atoms with Crippen molar-refractivity contribution < 1.29 is 5.11 Å². The molecule has 0 aliphatic heterocycles. The zero-order valence-corrected chi connectivity index (χ0v) is 8.98. The number of hydrogen-bond donors (Lipinski definition) is 3. The van der Waals surface area contributed by atoms with Gasteiger partial charge in [0.25, 0.3) is 0 Å². The Morgan fingerprint density at radius 1 is 1.50 bits per heavy atom. The Morgan fingerprint density at radius 2 is 2.31 bits per heavy atom. The zero-order valence-electron chi connectivity index (χ0n) is 8.98. The van der Waals surface area contributed by atoms with Crippen LogP contribution in [-0.4, -0.2) is 21.6 Å². The minimum absolute atomic E-state index is 0.227. The molecule has 1 aliphatic rings. The SMILES string of the molecule is NCC(O)c1cccc2[nH]c(C3CC3)nc12. The summed E-state index contributed by atoms with van der Waals surface area (Å²) in [6.45, 7) is 0.227. The summed E-state index contributed by atoms with van der Waals surface area (Å²) in [6, 6.07) is 5.80. The lowest BCUT2D eigenvalue weighted by molar-refractivity contribution is 0.188. The third kappa shape index (κ3) is 1.50. The second-order valence-corrected chi connectivity index (χ2v) is 4.39. The van der Waals surface area contributed by atoms with Crippen LogP contribution in [0, 0.1) is 0 Å². The number of aliphatic hydroxyl groups is 1. The summed E-state index contributed by atoms with van der Waals surface area (Å²) in [7, 11) is 0. The molecule has 4 heteroatoms. The van der Waals surface area contributed by atoms with Crippen LogP contribution in [-0.2, 0) is 0 Å². The van der Waals surface area contributed by atoms with Crippen LogP contribution in [0.25, 0.3) is 11.0 Å². The minimum atomic E-state index is -0.626. The predicted octanol–water partition coefficient (Wildman–Crippen LogP) is 1.43. The van der Waals surface area contributed by atoms with E-state index in [0.717, 1.165) is 22.4 Å². The number of aromatic amines is 1. The topological polar surface area (TPSA) is 74.9 Å². The van der Waals surface area contributed by atoms with Crippen LogP contribution < -0.4 is 5.73 Å². The third-order valence-corrected chi connectivity index (χ3v) is 3.11. The maximum absolute atomic E-state index is 9.81. The molecule has 84 valence electrons. The number of fused-ring (bicyclic) bond motifs is 1. The lowest BCUT2D eigenvalue weighted by Crippen LogP contribution is -2.11. The second kappa shape index (κ2) is 3.57. The van der Waals surface area contributed by atoms with Crippen LogP contribution in [0.5, 0.6) is 0 Å². The molecule has 4 N–H and O–H groups in total. The highest BCUT2D eigenvalue weighted by molar-refractivity contribution is 5.79. The smallest absolute Gasteiger partial charge is 0.110 e. The molecular weight excluding hydrogens is 202 g/mol. The molecule has 3 rings (SSSR count). The number of rotatable bonds is 3. The average molecular weight is 217 g/mol. The standard InChI is InChI=1S/C12H15N3O/c13-6-10(16)8-2-1-3-9-11(8)15-12(14-9)7-4-5-7/h1-3,7,10,16H,4-6,13H2,(H,14,15). The number of nitrogens with two attached hydrogens (primary N) is 1. The number of para-hydroxylation sites is 1. The van der Waals surface area contributed by atoms with E-state index in [0.29, 0.717) is 5.92 Å². The molecular formula is C12H15N3O. The number of imidazole rings is 1. The van der Waals surface area contributed by atoms with Crippen LogP contribution in [0.15, 0.2) is 18.2 Å². The Bertz CT molecular complexity index is 516. The van der Waals surface area contributed by atoms with E-state index in [1.165, 1.54) is 12.8 Å². The summed E-state index contributed by atoms with van der Waals surface area (Å²) < 4.78 is 0. The van der Waals surface area contributed by atoms with Gasteiger partial charge in [-0.25, -0.2) is 4.98 Å². The first-order valence-electron chi connectivity index (χ1n) is 5.66. The largest absolute Gasteiger partial charge is 0.387 e. The number of aromatic nitrogens is 2. The van der Waals surface area contributed by atoms with Gasteiger partial charge in [-0.3, -0.25) is 0 Å². The molecule has 0 radical (unpaired) electrons. The van der Waals surface area contributed by atoms with Gasteiger partial charge in [0.05, 0.1) is 17.1 Å². The number of aliphatic hydroxyl groups excluding tert-OH is 1. The number of benzene rings is 1. The lowest BCUT2D eigenvalue weighted by atomic mass is 10.1. The summed E-state index contributed by atoms with van der Waals surface area (Å²) in [4.78, 5) is 7.89. The first-order chi connectivity index (χ1) is 7.79. The van der Waals surface area contributed by atoms with E-state index >= 15 is 0 Å². The van der Waals surface area contributed by atoms with E-state index in [1.807, 2.05) is 18.2 Å². The van der Waals surface area contributed by atoms with Crippen molar-refractivity contribution in [2.75, 3.05) is 6.54 Å². The molecule has 0 saturated heterocycles. The summed E-state index contributed by atoms with van der Waals surface area (Å²) in [5.74, 6) is 1.64. The highest BCUT2D eigenvalue weighted by Crippen LogP contribution is 2.39. The molecule has 1 atom stereocenters. The zero-order chi connectivity index (χ0) is 11.1. The molecule has 1 saturated carbocycles. The van der Waals surface area contributed by atoms with Gasteiger partial charge in [-0.05, 0) is 18.9 Å². The van der Waals surface area contributed by atoms with Crippen molar-refractivity contribution in [2.45, 2.75) is 24.9 Å². The van der Waals surface area contributed by atoms with Gasteiger partial charge in [0.2, 0.25) is 0 Å². The van der Waals surface area contributed by atoms with Crippen LogP contribution in [0.1, 0.15) is 36.3 Å². The fourth-order valence-corrected chi connectivity index (χ4v) is 2.02. The van der Waals surface area contributed by atoms with Crippen molar-refractivity contribution in [1.82, 2.24) is 9.97 Å². The van der Waals surface area contributed by atoms with Crippen LogP contribution >= 0.6 is 0 Å². The van der Waals surface area contributed by atoms with E-state index < -0.39 is 6.10 Å². The first-order valence-corrected chi connectivity index (χ1v) is 5.66. The average Bonchev–Trinajstić information content (AvgIpc) is 3.07. The first kappa shape index (κ1) is 9.81. The quantitative estimate of drug-likeness (QED) is 0.728. The fraction of sp³-hybridized carbons (Fsp3) is 0.417. The van der Waals surface area contributed by atoms with E-state index in [9.17, 15) is 5.11 Å². The number of nitrogens with one attached hydrogen (secondary N) is 1. The number of H-pyrrole nitrogens is 1. The Balaban J connectivity index is 2.13. The Morgan fingerprint density at radius 3 is 3.00 bits per heavy atom. The van der Waals surface area contributed by atoms with Gasteiger partial charge in [-0.2, -0.15) is 0 Å². The van der Waals surface area contributed by atoms with Crippen molar-refractivity contribution in [1.29, 1.82) is 0 Å². The highest BCUT2D eigenvalue weighted by atomic mass is 16.3. The maximum atomic E-state index is 9.81. The number of nitrogens with zero attached hydrogens (tertiary/aromatic N) is 1. The molecule has 1 aliphatic carbocycles. The minimum Gasteiger partial charge on any atom is -0.387 e. The van der Waals surface area contributed by atoms with Gasteiger partial charge < -0.3 is 15.8 Å². The van der Waals surface area contributed by atoms with Crippen molar-refractivity contribution in [3.8, 4) is 0 Å². The monoisotopic (exact) mass is 217 g/mol. The Kier molecular flexibility index (Phi) is 2.19. The molecule has 0 spiro atoms. The van der Waals surface area contributed by atoms with Crippen molar-refractivity contribution in [2.24, 2.45) is 5.73 Å². The predicted molar refractivity (Wildman–Crippen MR) is 62.1 cm³/mol. The summed E-state index contributed by atoms with van der Waals surface area (Å²) >= 11 is 0. The Labute approximate surface area is 93.5 Å². The summed E-state index contributed by atoms with van der Waals surface area (Å²) in [5, 5.41) is 9.81. The van der Waals surface area contributed by atoms with E-state index in [4.69, 9.17) is 5.73 Å². The van der Waals surface area contributed by atoms with Crippen molar-refractivity contribution in [3.05, 3.63) is 29.6 Å². The van der Waals surface area contributed by atoms with Crippen molar-refractivity contribution in [3.63, 3.8) is 0 Å².